The van der Waals surface area contributed by atoms with Crippen molar-refractivity contribution in [3.05, 3.63) is 18.5 Å². The van der Waals surface area contributed by atoms with Crippen LogP contribution in [-0.2, 0) is 9.53 Å². The molecule has 2 rings (SSSR count). The Kier molecular flexibility index (Phi) is 7.05. The second-order valence-corrected chi connectivity index (χ2v) is 6.39. The third kappa shape index (κ3) is 5.32. The van der Waals surface area contributed by atoms with Crippen LogP contribution in [0.15, 0.2) is 18.5 Å². The summed E-state index contributed by atoms with van der Waals surface area (Å²) in [5.74, 6) is 0.514. The van der Waals surface area contributed by atoms with Gasteiger partial charge in [0.2, 0.25) is 5.91 Å². The summed E-state index contributed by atoms with van der Waals surface area (Å²) in [6.07, 6.45) is 5.61. The van der Waals surface area contributed by atoms with Crippen LogP contribution in [0.2, 0.25) is 0 Å². The van der Waals surface area contributed by atoms with Gasteiger partial charge in [-0.25, -0.2) is 0 Å². The summed E-state index contributed by atoms with van der Waals surface area (Å²) >= 11 is 0. The Bertz CT molecular complexity index is 463. The molecular formula is C17H30N4O2. The minimum Gasteiger partial charge on any atom is -0.382 e. The van der Waals surface area contributed by atoms with Gasteiger partial charge in [-0.15, -0.1) is 0 Å². The molecule has 1 fully saturated rings. The summed E-state index contributed by atoms with van der Waals surface area (Å²) in [6, 6.07) is 1.83. The van der Waals surface area contributed by atoms with Gasteiger partial charge in [-0.3, -0.25) is 9.48 Å². The molecule has 0 radical (unpaired) electrons. The Morgan fingerprint density at radius 1 is 1.52 bits per heavy atom. The van der Waals surface area contributed by atoms with Crippen LogP contribution in [0.3, 0.4) is 0 Å². The van der Waals surface area contributed by atoms with Gasteiger partial charge in [0.05, 0.1) is 0 Å². The molecule has 0 bridgehead atoms. The standard InChI is InChI=1S/C17H30N4O2/c1-4-23-12-6-9-20-11-7-16(14(2)13-20)19-17(22)15(3)21-10-5-8-18-21/h5,8,10,14-16H,4,6-7,9,11-13H2,1-3H3,(H,19,22)/t14-,15+,16+/m1/s1. The Morgan fingerprint density at radius 2 is 2.35 bits per heavy atom. The van der Waals surface area contributed by atoms with E-state index in [1.807, 2.05) is 26.1 Å². The number of rotatable bonds is 8. The zero-order chi connectivity index (χ0) is 16.7. The molecule has 1 aliphatic heterocycles. The van der Waals surface area contributed by atoms with E-state index in [9.17, 15) is 4.79 Å². The first-order valence-electron chi connectivity index (χ1n) is 8.71. The molecule has 0 spiro atoms. The van der Waals surface area contributed by atoms with E-state index in [4.69, 9.17) is 4.74 Å². The van der Waals surface area contributed by atoms with Gasteiger partial charge in [0.15, 0.2) is 0 Å². The highest BCUT2D eigenvalue weighted by atomic mass is 16.5. The van der Waals surface area contributed by atoms with Crippen molar-refractivity contribution in [2.45, 2.75) is 45.7 Å². The molecular weight excluding hydrogens is 292 g/mol. The van der Waals surface area contributed by atoms with Gasteiger partial charge in [-0.05, 0) is 38.7 Å². The predicted octanol–water partition coefficient (Wildman–Crippen LogP) is 1.70. The van der Waals surface area contributed by atoms with Crippen molar-refractivity contribution in [3.63, 3.8) is 0 Å². The lowest BCUT2D eigenvalue weighted by Crippen LogP contribution is -2.51. The highest BCUT2D eigenvalue weighted by Gasteiger charge is 2.28. The van der Waals surface area contributed by atoms with Crippen LogP contribution >= 0.6 is 0 Å². The summed E-state index contributed by atoms with van der Waals surface area (Å²) in [6.45, 7) is 10.9. The summed E-state index contributed by atoms with van der Waals surface area (Å²) in [4.78, 5) is 14.9. The summed E-state index contributed by atoms with van der Waals surface area (Å²) in [5.41, 5.74) is 0. The zero-order valence-electron chi connectivity index (χ0n) is 14.6. The lowest BCUT2D eigenvalue weighted by atomic mass is 9.93. The smallest absolute Gasteiger partial charge is 0.244 e. The maximum Gasteiger partial charge on any atom is 0.244 e. The second-order valence-electron chi connectivity index (χ2n) is 6.39. The molecule has 1 amide bonds. The molecule has 0 unspecified atom stereocenters. The molecule has 6 heteroatoms. The topological polar surface area (TPSA) is 59.4 Å². The summed E-state index contributed by atoms with van der Waals surface area (Å²) in [7, 11) is 0. The van der Waals surface area contributed by atoms with Crippen molar-refractivity contribution < 1.29 is 9.53 Å². The molecule has 1 aromatic heterocycles. The van der Waals surface area contributed by atoms with E-state index in [2.05, 4.69) is 22.2 Å². The SMILES string of the molecule is CCOCCCN1CC[C@H](NC(=O)[C@H](C)n2cccn2)[C@H](C)C1. The van der Waals surface area contributed by atoms with Crippen molar-refractivity contribution in [3.8, 4) is 0 Å². The molecule has 130 valence electrons. The highest BCUT2D eigenvalue weighted by molar-refractivity contribution is 5.80. The Balaban J connectivity index is 1.74. The highest BCUT2D eigenvalue weighted by Crippen LogP contribution is 2.18. The van der Waals surface area contributed by atoms with Crippen molar-refractivity contribution in [2.24, 2.45) is 5.92 Å². The molecule has 1 aromatic rings. The quantitative estimate of drug-likeness (QED) is 0.740. The van der Waals surface area contributed by atoms with Crippen LogP contribution in [-0.4, -0.2) is 59.5 Å². The average molecular weight is 322 g/mol. The lowest BCUT2D eigenvalue weighted by molar-refractivity contribution is -0.125. The molecule has 1 aliphatic rings. The molecule has 23 heavy (non-hydrogen) atoms. The average Bonchev–Trinajstić information content (AvgIpc) is 3.07. The van der Waals surface area contributed by atoms with Crippen LogP contribution < -0.4 is 5.32 Å². The molecule has 3 atom stereocenters. The first kappa shape index (κ1) is 17.9. The number of carbonyl (C=O) groups is 1. The van der Waals surface area contributed by atoms with Gasteiger partial charge in [0.1, 0.15) is 6.04 Å². The fourth-order valence-electron chi connectivity index (χ4n) is 3.12. The molecule has 1 saturated heterocycles. The number of amides is 1. The number of hydrogen-bond acceptors (Lipinski definition) is 4. The Hall–Kier alpha value is -1.40. The molecule has 0 aromatic carbocycles. The Labute approximate surface area is 139 Å². The van der Waals surface area contributed by atoms with Gasteiger partial charge >= 0.3 is 0 Å². The van der Waals surface area contributed by atoms with Crippen molar-refractivity contribution in [1.82, 2.24) is 20.0 Å². The van der Waals surface area contributed by atoms with E-state index in [-0.39, 0.29) is 18.0 Å². The fourth-order valence-corrected chi connectivity index (χ4v) is 3.12. The first-order chi connectivity index (χ1) is 11.1. The third-order valence-electron chi connectivity index (χ3n) is 4.59. The number of aromatic nitrogens is 2. The van der Waals surface area contributed by atoms with Gasteiger partial charge < -0.3 is 15.0 Å². The van der Waals surface area contributed by atoms with E-state index < -0.39 is 0 Å². The maximum atomic E-state index is 12.4. The van der Waals surface area contributed by atoms with Crippen LogP contribution in [0.4, 0.5) is 0 Å². The molecule has 6 nitrogen and oxygen atoms in total. The third-order valence-corrected chi connectivity index (χ3v) is 4.59. The zero-order valence-corrected chi connectivity index (χ0v) is 14.6. The van der Waals surface area contributed by atoms with Crippen LogP contribution in [0.25, 0.3) is 0 Å². The number of hydrogen-bond donors (Lipinski definition) is 1. The minimum absolute atomic E-state index is 0.0512. The molecule has 0 saturated carbocycles. The number of piperidine rings is 1. The van der Waals surface area contributed by atoms with Gasteiger partial charge in [0.25, 0.3) is 0 Å². The van der Waals surface area contributed by atoms with E-state index >= 15 is 0 Å². The van der Waals surface area contributed by atoms with E-state index in [1.54, 1.807) is 10.9 Å². The molecule has 1 N–H and O–H groups in total. The maximum absolute atomic E-state index is 12.4. The monoisotopic (exact) mass is 322 g/mol. The number of nitrogens with zero attached hydrogens (tertiary/aromatic N) is 3. The minimum atomic E-state index is -0.263. The fraction of sp³-hybridized carbons (Fsp3) is 0.765. The predicted molar refractivity (Wildman–Crippen MR) is 90.2 cm³/mol. The summed E-state index contributed by atoms with van der Waals surface area (Å²) in [5, 5.41) is 7.35. The van der Waals surface area contributed by atoms with Gasteiger partial charge in [0, 0.05) is 51.3 Å². The summed E-state index contributed by atoms with van der Waals surface area (Å²) < 4.78 is 7.09. The van der Waals surface area contributed by atoms with E-state index in [0.29, 0.717) is 5.92 Å². The van der Waals surface area contributed by atoms with Gasteiger partial charge in [-0.1, -0.05) is 6.92 Å². The van der Waals surface area contributed by atoms with Crippen molar-refractivity contribution in [2.75, 3.05) is 32.8 Å². The van der Waals surface area contributed by atoms with Crippen molar-refractivity contribution >= 4 is 5.91 Å². The number of nitrogens with one attached hydrogen (secondary N) is 1. The Morgan fingerprint density at radius 3 is 3.00 bits per heavy atom. The van der Waals surface area contributed by atoms with Gasteiger partial charge in [-0.2, -0.15) is 5.10 Å². The number of ether oxygens (including phenoxy) is 1. The number of likely N-dealkylation sites (tertiary alicyclic amines) is 1. The molecule has 0 aliphatic carbocycles. The first-order valence-corrected chi connectivity index (χ1v) is 8.71. The van der Waals surface area contributed by atoms with Crippen LogP contribution in [0.5, 0.6) is 0 Å². The van der Waals surface area contributed by atoms with Crippen molar-refractivity contribution in [1.29, 1.82) is 0 Å². The van der Waals surface area contributed by atoms with E-state index in [0.717, 1.165) is 45.7 Å². The molecule has 2 heterocycles. The second kappa shape index (κ2) is 9.03. The van der Waals surface area contributed by atoms with Crippen LogP contribution in [0, 0.1) is 5.92 Å². The van der Waals surface area contributed by atoms with E-state index in [1.165, 1.54) is 0 Å². The largest absolute Gasteiger partial charge is 0.382 e. The van der Waals surface area contributed by atoms with Crippen LogP contribution in [0.1, 0.15) is 39.7 Å². The lowest BCUT2D eigenvalue weighted by Gasteiger charge is -2.37. The normalized spacial score (nSPS) is 23.6. The number of carbonyl (C=O) groups excluding carboxylic acids is 1.